The first-order chi connectivity index (χ1) is 10.4. The molecule has 0 unspecified atom stereocenters. The molecule has 6 heteroatoms. The van der Waals surface area contributed by atoms with Crippen molar-refractivity contribution in [1.29, 1.82) is 0 Å². The third-order valence-electron chi connectivity index (χ3n) is 3.47. The predicted molar refractivity (Wildman–Crippen MR) is 82.6 cm³/mol. The smallest absolute Gasteiger partial charge is 0.315 e. The number of benzene rings is 1. The summed E-state index contributed by atoms with van der Waals surface area (Å²) in [6.07, 6.45) is 1.55. The van der Waals surface area contributed by atoms with Crippen molar-refractivity contribution in [2.75, 3.05) is 7.11 Å². The van der Waals surface area contributed by atoms with Crippen LogP contribution in [0.25, 0.3) is 0 Å². The molecule has 118 valence electrons. The van der Waals surface area contributed by atoms with Crippen LogP contribution in [0, 0.1) is 6.92 Å². The van der Waals surface area contributed by atoms with E-state index in [1.807, 2.05) is 45.0 Å². The van der Waals surface area contributed by atoms with E-state index in [4.69, 9.17) is 9.26 Å². The number of hydrogen-bond donors (Lipinski definition) is 2. The molecule has 0 radical (unpaired) electrons. The molecule has 0 fully saturated rings. The van der Waals surface area contributed by atoms with E-state index in [1.165, 1.54) is 0 Å². The number of nitrogens with one attached hydrogen (secondary N) is 2. The normalized spacial score (nSPS) is 11.1. The quantitative estimate of drug-likeness (QED) is 0.890. The molecule has 1 heterocycles. The average Bonchev–Trinajstić information content (AvgIpc) is 2.90. The lowest BCUT2D eigenvalue weighted by Gasteiger charge is -2.28. The SMILES string of the molecule is COc1ccccc1C(C)(C)NC(=O)NCc1nocc1C. The first-order valence-electron chi connectivity index (χ1n) is 7.03. The van der Waals surface area contributed by atoms with Crippen LogP contribution in [0.3, 0.4) is 0 Å². The van der Waals surface area contributed by atoms with E-state index in [9.17, 15) is 4.79 Å². The van der Waals surface area contributed by atoms with Crippen LogP contribution in [0.2, 0.25) is 0 Å². The van der Waals surface area contributed by atoms with E-state index in [2.05, 4.69) is 15.8 Å². The van der Waals surface area contributed by atoms with E-state index in [0.29, 0.717) is 12.2 Å². The Morgan fingerprint density at radius 2 is 2.09 bits per heavy atom. The number of methoxy groups -OCH3 is 1. The molecule has 1 aromatic carbocycles. The lowest BCUT2D eigenvalue weighted by atomic mass is 9.93. The lowest BCUT2D eigenvalue weighted by Crippen LogP contribution is -2.46. The number of rotatable bonds is 5. The lowest BCUT2D eigenvalue weighted by molar-refractivity contribution is 0.228. The fourth-order valence-corrected chi connectivity index (χ4v) is 2.20. The number of aromatic nitrogens is 1. The monoisotopic (exact) mass is 303 g/mol. The molecular formula is C16H21N3O3. The predicted octanol–water partition coefficient (Wildman–Crippen LogP) is 2.73. The van der Waals surface area contributed by atoms with Gasteiger partial charge in [0.1, 0.15) is 17.7 Å². The van der Waals surface area contributed by atoms with Crippen LogP contribution in [0.5, 0.6) is 5.75 Å². The Kier molecular flexibility index (Phi) is 4.70. The number of para-hydroxylation sites is 1. The van der Waals surface area contributed by atoms with Crippen LogP contribution >= 0.6 is 0 Å². The van der Waals surface area contributed by atoms with E-state index in [-0.39, 0.29) is 6.03 Å². The molecule has 2 rings (SSSR count). The molecule has 2 N–H and O–H groups in total. The molecule has 0 bridgehead atoms. The summed E-state index contributed by atoms with van der Waals surface area (Å²) in [7, 11) is 1.61. The highest BCUT2D eigenvalue weighted by Gasteiger charge is 2.26. The van der Waals surface area contributed by atoms with Gasteiger partial charge in [-0.1, -0.05) is 23.4 Å². The van der Waals surface area contributed by atoms with Gasteiger partial charge < -0.3 is 19.9 Å². The summed E-state index contributed by atoms with van der Waals surface area (Å²) in [6, 6.07) is 7.33. The van der Waals surface area contributed by atoms with Gasteiger partial charge >= 0.3 is 6.03 Å². The van der Waals surface area contributed by atoms with E-state index in [1.54, 1.807) is 13.4 Å². The molecule has 0 aliphatic rings. The van der Waals surface area contributed by atoms with Crippen LogP contribution < -0.4 is 15.4 Å². The van der Waals surface area contributed by atoms with Crippen LogP contribution in [-0.4, -0.2) is 18.3 Å². The van der Waals surface area contributed by atoms with Crippen molar-refractivity contribution < 1.29 is 14.1 Å². The number of carbonyl (C=O) groups excluding carboxylic acids is 1. The zero-order valence-electron chi connectivity index (χ0n) is 13.3. The molecule has 0 saturated heterocycles. The van der Waals surface area contributed by atoms with Gasteiger partial charge in [0, 0.05) is 11.1 Å². The molecule has 0 spiro atoms. The van der Waals surface area contributed by atoms with Gasteiger partial charge in [-0.2, -0.15) is 0 Å². The maximum Gasteiger partial charge on any atom is 0.315 e. The molecule has 0 aliphatic heterocycles. The van der Waals surface area contributed by atoms with E-state index in [0.717, 1.165) is 16.9 Å². The first kappa shape index (κ1) is 15.9. The standard InChI is InChI=1S/C16H21N3O3/c1-11-10-22-19-13(11)9-17-15(20)18-16(2,3)12-7-5-6-8-14(12)21-4/h5-8,10H,9H2,1-4H3,(H2,17,18,20). The minimum atomic E-state index is -0.574. The van der Waals surface area contributed by atoms with Gasteiger partial charge in [0.15, 0.2) is 0 Å². The van der Waals surface area contributed by atoms with Gasteiger partial charge in [-0.25, -0.2) is 4.79 Å². The highest BCUT2D eigenvalue weighted by Crippen LogP contribution is 2.29. The summed E-state index contributed by atoms with van der Waals surface area (Å²) >= 11 is 0. The van der Waals surface area contributed by atoms with Crippen molar-refractivity contribution in [2.45, 2.75) is 32.9 Å². The summed E-state index contributed by atoms with van der Waals surface area (Å²) in [4.78, 5) is 12.1. The molecule has 6 nitrogen and oxygen atoms in total. The number of carbonyl (C=O) groups is 1. The number of amides is 2. The Morgan fingerprint density at radius 3 is 2.73 bits per heavy atom. The van der Waals surface area contributed by atoms with Gasteiger partial charge in [-0.05, 0) is 26.8 Å². The van der Waals surface area contributed by atoms with Crippen molar-refractivity contribution >= 4 is 6.03 Å². The van der Waals surface area contributed by atoms with Crippen LogP contribution in [0.4, 0.5) is 4.79 Å². The third kappa shape index (κ3) is 3.58. The summed E-state index contributed by atoms with van der Waals surface area (Å²) in [5.41, 5.74) is 1.95. The van der Waals surface area contributed by atoms with Gasteiger partial charge in [-0.3, -0.25) is 0 Å². The van der Waals surface area contributed by atoms with Crippen LogP contribution in [0.15, 0.2) is 35.1 Å². The maximum atomic E-state index is 12.1. The Hall–Kier alpha value is -2.50. The van der Waals surface area contributed by atoms with Gasteiger partial charge in [0.2, 0.25) is 0 Å². The summed E-state index contributed by atoms with van der Waals surface area (Å²) < 4.78 is 10.2. The number of nitrogens with zero attached hydrogens (tertiary/aromatic N) is 1. The first-order valence-corrected chi connectivity index (χ1v) is 7.03. The summed E-state index contributed by atoms with van der Waals surface area (Å²) in [5, 5.41) is 9.55. The fourth-order valence-electron chi connectivity index (χ4n) is 2.20. The zero-order valence-corrected chi connectivity index (χ0v) is 13.3. The van der Waals surface area contributed by atoms with Crippen molar-refractivity contribution in [2.24, 2.45) is 0 Å². The van der Waals surface area contributed by atoms with E-state index >= 15 is 0 Å². The highest BCUT2D eigenvalue weighted by molar-refractivity contribution is 5.75. The summed E-state index contributed by atoms with van der Waals surface area (Å²) in [5.74, 6) is 0.736. The van der Waals surface area contributed by atoms with Crippen molar-refractivity contribution in [3.8, 4) is 5.75 Å². The Balaban J connectivity index is 2.01. The number of ether oxygens (including phenoxy) is 1. The van der Waals surface area contributed by atoms with E-state index < -0.39 is 5.54 Å². The molecule has 2 aromatic rings. The molecule has 0 saturated carbocycles. The van der Waals surface area contributed by atoms with Gasteiger partial charge in [0.25, 0.3) is 0 Å². The van der Waals surface area contributed by atoms with Gasteiger partial charge in [0.05, 0.1) is 19.2 Å². The highest BCUT2D eigenvalue weighted by atomic mass is 16.5. The molecule has 22 heavy (non-hydrogen) atoms. The maximum absolute atomic E-state index is 12.1. The van der Waals surface area contributed by atoms with Crippen molar-refractivity contribution in [3.05, 3.63) is 47.3 Å². The van der Waals surface area contributed by atoms with Crippen LogP contribution in [0.1, 0.15) is 30.7 Å². The Bertz CT molecular complexity index is 650. The molecule has 0 atom stereocenters. The second-order valence-electron chi connectivity index (χ2n) is 5.58. The molecular weight excluding hydrogens is 282 g/mol. The topological polar surface area (TPSA) is 76.4 Å². The summed E-state index contributed by atoms with van der Waals surface area (Å²) in [6.45, 7) is 6.04. The third-order valence-corrected chi connectivity index (χ3v) is 3.47. The number of urea groups is 1. The molecule has 1 aromatic heterocycles. The van der Waals surface area contributed by atoms with Gasteiger partial charge in [-0.15, -0.1) is 0 Å². The fraction of sp³-hybridized carbons (Fsp3) is 0.375. The Labute approximate surface area is 129 Å². The van der Waals surface area contributed by atoms with Crippen molar-refractivity contribution in [3.63, 3.8) is 0 Å². The molecule has 2 amide bonds. The number of aryl methyl sites for hydroxylation is 1. The minimum absolute atomic E-state index is 0.279. The minimum Gasteiger partial charge on any atom is -0.496 e. The molecule has 0 aliphatic carbocycles. The number of hydrogen-bond acceptors (Lipinski definition) is 4. The van der Waals surface area contributed by atoms with Crippen molar-refractivity contribution in [1.82, 2.24) is 15.8 Å². The zero-order chi connectivity index (χ0) is 16.2. The second kappa shape index (κ2) is 6.51. The largest absolute Gasteiger partial charge is 0.496 e. The Morgan fingerprint density at radius 1 is 1.36 bits per heavy atom. The second-order valence-corrected chi connectivity index (χ2v) is 5.58. The van der Waals surface area contributed by atoms with Crippen LogP contribution in [-0.2, 0) is 12.1 Å². The average molecular weight is 303 g/mol.